The number of likely N-dealkylation sites (tertiary alicyclic amines) is 1. The molecule has 0 aliphatic carbocycles. The molecule has 2 aliphatic heterocycles. The fourth-order valence-electron chi connectivity index (χ4n) is 6.01. The highest BCUT2D eigenvalue weighted by atomic mass is 19.1. The number of nitriles is 1. The molecule has 3 aromatic rings. The third-order valence-electron chi connectivity index (χ3n) is 8.44. The van der Waals surface area contributed by atoms with Crippen LogP contribution in [0.5, 0.6) is 0 Å². The van der Waals surface area contributed by atoms with Crippen LogP contribution in [0.15, 0.2) is 60.5 Å². The van der Waals surface area contributed by atoms with Crippen LogP contribution in [0.3, 0.4) is 0 Å². The molecule has 2 aliphatic rings. The van der Waals surface area contributed by atoms with Crippen LogP contribution in [0, 0.1) is 23.1 Å². The van der Waals surface area contributed by atoms with Crippen LogP contribution >= 0.6 is 0 Å². The Morgan fingerprint density at radius 2 is 1.98 bits per heavy atom. The molecule has 5 rings (SSSR count). The van der Waals surface area contributed by atoms with Gasteiger partial charge in [0.2, 0.25) is 0 Å². The molecule has 0 saturated carbocycles. The maximum atomic E-state index is 14.3. The van der Waals surface area contributed by atoms with E-state index in [0.29, 0.717) is 34.5 Å². The minimum absolute atomic E-state index is 0.0913. The van der Waals surface area contributed by atoms with E-state index in [1.807, 2.05) is 30.4 Å². The molecular weight excluding hydrogens is 533 g/mol. The van der Waals surface area contributed by atoms with Crippen molar-refractivity contribution in [2.24, 2.45) is 5.92 Å². The van der Waals surface area contributed by atoms with Gasteiger partial charge in [-0.1, -0.05) is 32.1 Å². The molecule has 2 aromatic carbocycles. The number of hydrogen-bond acceptors (Lipinski definition) is 7. The molecule has 0 bridgehead atoms. The lowest BCUT2D eigenvalue weighted by Gasteiger charge is -2.36. The number of aromatic nitrogens is 2. The van der Waals surface area contributed by atoms with E-state index in [9.17, 15) is 9.18 Å². The summed E-state index contributed by atoms with van der Waals surface area (Å²) < 4.78 is 27.4. The summed E-state index contributed by atoms with van der Waals surface area (Å²) >= 11 is 0. The van der Waals surface area contributed by atoms with Crippen molar-refractivity contribution < 1.29 is 18.7 Å². The van der Waals surface area contributed by atoms with Gasteiger partial charge >= 0.3 is 5.97 Å². The second-order valence-electron chi connectivity index (χ2n) is 11.0. The van der Waals surface area contributed by atoms with Crippen LogP contribution in [0.25, 0.3) is 11.0 Å². The zero-order chi connectivity index (χ0) is 29.6. The third kappa shape index (κ3) is 6.34. The summed E-state index contributed by atoms with van der Waals surface area (Å²) in [5.74, 6) is 1.32. The summed E-state index contributed by atoms with van der Waals surface area (Å²) in [4.78, 5) is 19.7. The van der Waals surface area contributed by atoms with Gasteiger partial charge in [0.1, 0.15) is 18.2 Å². The first kappa shape index (κ1) is 29.3. The summed E-state index contributed by atoms with van der Waals surface area (Å²) in [6, 6.07) is 12.4. The predicted octanol–water partition coefficient (Wildman–Crippen LogP) is 5.99. The normalized spacial score (nSPS) is 17.6. The van der Waals surface area contributed by atoms with Crippen LogP contribution < -0.4 is 5.32 Å². The highest BCUT2D eigenvalue weighted by Gasteiger charge is 2.28. The zero-order valence-corrected chi connectivity index (χ0v) is 24.5. The van der Waals surface area contributed by atoms with Gasteiger partial charge in [0, 0.05) is 11.6 Å². The van der Waals surface area contributed by atoms with Crippen molar-refractivity contribution in [3.8, 4) is 6.07 Å². The Balaban J connectivity index is 1.21. The van der Waals surface area contributed by atoms with Crippen molar-refractivity contribution in [2.45, 2.75) is 64.8 Å². The molecule has 1 unspecified atom stereocenters. The van der Waals surface area contributed by atoms with Crippen molar-refractivity contribution >= 4 is 17.0 Å². The number of hydrogen-bond donors (Lipinski definition) is 1. The van der Waals surface area contributed by atoms with Crippen molar-refractivity contribution in [2.75, 3.05) is 20.2 Å². The number of benzene rings is 2. The van der Waals surface area contributed by atoms with E-state index >= 15 is 0 Å². The Labute approximate surface area is 246 Å². The minimum atomic E-state index is -0.438. The quantitative estimate of drug-likeness (QED) is 0.299. The molecule has 9 heteroatoms. The fraction of sp³-hybridized carbons (Fsp3) is 0.424. The molecule has 1 N–H and O–H groups in total. The first-order valence-electron chi connectivity index (χ1n) is 14.7. The summed E-state index contributed by atoms with van der Waals surface area (Å²) in [7, 11) is 1.40. The van der Waals surface area contributed by atoms with E-state index in [2.05, 4.69) is 34.7 Å². The van der Waals surface area contributed by atoms with E-state index in [-0.39, 0.29) is 18.6 Å². The lowest BCUT2D eigenvalue weighted by Crippen LogP contribution is -2.43. The molecule has 0 radical (unpaired) electrons. The Bertz CT molecular complexity index is 1530. The minimum Gasteiger partial charge on any atom is -0.474 e. The van der Waals surface area contributed by atoms with Gasteiger partial charge in [-0.15, -0.1) is 0 Å². The van der Waals surface area contributed by atoms with Crippen molar-refractivity contribution in [1.82, 2.24) is 19.8 Å². The van der Waals surface area contributed by atoms with E-state index in [0.717, 1.165) is 62.2 Å². The van der Waals surface area contributed by atoms with Crippen LogP contribution in [-0.4, -0.2) is 46.7 Å². The average molecular weight is 572 g/mol. The number of piperidine rings is 1. The Kier molecular flexibility index (Phi) is 9.23. The molecule has 220 valence electrons. The first-order valence-corrected chi connectivity index (χ1v) is 14.7. The highest BCUT2D eigenvalue weighted by Crippen LogP contribution is 2.30. The van der Waals surface area contributed by atoms with Gasteiger partial charge in [-0.05, 0) is 81.1 Å². The fourth-order valence-corrected chi connectivity index (χ4v) is 6.01. The number of imidazole rings is 1. The van der Waals surface area contributed by atoms with Gasteiger partial charge in [-0.2, -0.15) is 5.26 Å². The van der Waals surface area contributed by atoms with Crippen LogP contribution in [-0.2, 0) is 22.6 Å². The summed E-state index contributed by atoms with van der Waals surface area (Å²) in [6.07, 6.45) is 10.0. The molecule has 1 atom stereocenters. The Morgan fingerprint density at radius 3 is 2.67 bits per heavy atom. The summed E-state index contributed by atoms with van der Waals surface area (Å²) in [5.41, 5.74) is 3.12. The van der Waals surface area contributed by atoms with Crippen LogP contribution in [0.4, 0.5) is 4.39 Å². The lowest BCUT2D eigenvalue weighted by molar-refractivity contribution is 0.0601. The second kappa shape index (κ2) is 13.2. The molecular formula is C33H38FN5O3. The maximum Gasteiger partial charge on any atom is 0.337 e. The molecule has 3 heterocycles. The SMILES string of the molecule is CCC(CC)n1c(CN2CCC(C3C=CC=C(OCc4ccc(C#N)cc4F)N3)CC2)nc2ccc(C(=O)OC)cc21. The molecule has 1 fully saturated rings. The van der Waals surface area contributed by atoms with Crippen molar-refractivity contribution in [3.05, 3.63) is 88.8 Å². The molecule has 8 nitrogen and oxygen atoms in total. The number of halogens is 1. The van der Waals surface area contributed by atoms with Crippen LogP contribution in [0.1, 0.15) is 72.9 Å². The number of ether oxygens (including phenoxy) is 2. The monoisotopic (exact) mass is 571 g/mol. The Hall–Kier alpha value is -4.16. The van der Waals surface area contributed by atoms with Crippen molar-refractivity contribution in [3.63, 3.8) is 0 Å². The number of dihydropyridines is 1. The van der Waals surface area contributed by atoms with Gasteiger partial charge in [-0.25, -0.2) is 14.2 Å². The number of esters is 1. The zero-order valence-electron chi connectivity index (χ0n) is 24.5. The Morgan fingerprint density at radius 1 is 1.19 bits per heavy atom. The summed E-state index contributed by atoms with van der Waals surface area (Å²) in [6.45, 7) is 7.13. The van der Waals surface area contributed by atoms with Gasteiger partial charge in [-0.3, -0.25) is 4.90 Å². The smallest absolute Gasteiger partial charge is 0.337 e. The second-order valence-corrected chi connectivity index (χ2v) is 11.0. The molecule has 1 saturated heterocycles. The van der Waals surface area contributed by atoms with E-state index in [1.165, 1.54) is 13.2 Å². The number of fused-ring (bicyclic) bond motifs is 1. The third-order valence-corrected chi connectivity index (χ3v) is 8.44. The first-order chi connectivity index (χ1) is 20.4. The molecule has 1 aromatic heterocycles. The van der Waals surface area contributed by atoms with Gasteiger partial charge < -0.3 is 19.4 Å². The number of methoxy groups -OCH3 is 1. The topological polar surface area (TPSA) is 92.4 Å². The van der Waals surface area contributed by atoms with E-state index in [1.54, 1.807) is 18.2 Å². The lowest BCUT2D eigenvalue weighted by atomic mass is 9.88. The maximum absolute atomic E-state index is 14.3. The predicted molar refractivity (Wildman–Crippen MR) is 159 cm³/mol. The standard InChI is InChI=1S/C33H38FN5O3/c1-4-26(5-2)39-30-18-24(33(40)41-3)11-12-29(30)36-31(39)20-38-15-13-23(14-16-38)28-7-6-8-32(37-28)42-21-25-10-9-22(19-35)17-27(25)34/h6-12,17-18,23,26,28,37H,4-5,13-16,20-21H2,1-3H3. The number of carbonyl (C=O) groups excluding carboxylic acids is 1. The van der Waals surface area contributed by atoms with Gasteiger partial charge in [0.15, 0.2) is 5.88 Å². The number of nitrogens with one attached hydrogen (secondary N) is 1. The van der Waals surface area contributed by atoms with Crippen LogP contribution in [0.2, 0.25) is 0 Å². The van der Waals surface area contributed by atoms with Gasteiger partial charge in [0.25, 0.3) is 0 Å². The number of rotatable bonds is 10. The number of allylic oxidation sites excluding steroid dienone is 2. The summed E-state index contributed by atoms with van der Waals surface area (Å²) in [5, 5.41) is 12.4. The molecule has 0 amide bonds. The number of carbonyl (C=O) groups is 1. The average Bonchev–Trinajstić information content (AvgIpc) is 3.38. The van der Waals surface area contributed by atoms with E-state index < -0.39 is 5.82 Å². The molecule has 42 heavy (non-hydrogen) atoms. The highest BCUT2D eigenvalue weighted by molar-refractivity contribution is 5.93. The molecule has 0 spiro atoms. The van der Waals surface area contributed by atoms with E-state index in [4.69, 9.17) is 19.7 Å². The van der Waals surface area contributed by atoms with Crippen molar-refractivity contribution in [1.29, 1.82) is 5.26 Å². The largest absolute Gasteiger partial charge is 0.474 e. The number of nitrogens with zero attached hydrogens (tertiary/aromatic N) is 4. The van der Waals surface area contributed by atoms with Gasteiger partial charge in [0.05, 0.1) is 47.9 Å².